The molecule has 1 aliphatic rings. The van der Waals surface area contributed by atoms with E-state index in [2.05, 4.69) is 20.9 Å². The first-order valence-electron chi connectivity index (χ1n) is 9.48. The standard InChI is InChI=1S/C22H22BrN3O2S/c1-28-20-10-2-16(3-11-20)14-26(19-8-9-19)21(27)15-29-22-24-12-13-25(22)18-6-4-17(23)5-7-18/h2-7,10-13,19H,8-9,14-15H2,1H3. The lowest BCUT2D eigenvalue weighted by Gasteiger charge is -2.22. The molecule has 1 heterocycles. The van der Waals surface area contributed by atoms with Crippen LogP contribution in [0.4, 0.5) is 0 Å². The Morgan fingerprint density at radius 1 is 1.21 bits per heavy atom. The fourth-order valence-corrected chi connectivity index (χ4v) is 4.26. The number of methoxy groups -OCH3 is 1. The van der Waals surface area contributed by atoms with Crippen LogP contribution in [0.3, 0.4) is 0 Å². The minimum Gasteiger partial charge on any atom is -0.497 e. The Kier molecular flexibility index (Phi) is 6.25. The fraction of sp³-hybridized carbons (Fsp3) is 0.273. The average Bonchev–Trinajstić information content (AvgIpc) is 3.48. The predicted octanol–water partition coefficient (Wildman–Crippen LogP) is 4.93. The molecule has 0 bridgehead atoms. The summed E-state index contributed by atoms with van der Waals surface area (Å²) >= 11 is 4.94. The fourth-order valence-electron chi connectivity index (χ4n) is 3.14. The van der Waals surface area contributed by atoms with Gasteiger partial charge in [-0.3, -0.25) is 9.36 Å². The minimum absolute atomic E-state index is 0.152. The molecule has 150 valence electrons. The van der Waals surface area contributed by atoms with Gasteiger partial charge in [0.2, 0.25) is 5.91 Å². The number of imidazole rings is 1. The number of thioether (sulfide) groups is 1. The number of aromatic nitrogens is 2. The number of carbonyl (C=O) groups is 1. The first-order valence-corrected chi connectivity index (χ1v) is 11.3. The molecule has 5 nitrogen and oxygen atoms in total. The number of amides is 1. The number of benzene rings is 2. The summed E-state index contributed by atoms with van der Waals surface area (Å²) in [5.41, 5.74) is 2.14. The van der Waals surface area contributed by atoms with Gasteiger partial charge >= 0.3 is 0 Å². The highest BCUT2D eigenvalue weighted by molar-refractivity contribution is 9.10. The van der Waals surface area contributed by atoms with Crippen LogP contribution in [0.1, 0.15) is 18.4 Å². The highest BCUT2D eigenvalue weighted by atomic mass is 79.9. The van der Waals surface area contributed by atoms with Crippen LogP contribution in [-0.2, 0) is 11.3 Å². The predicted molar refractivity (Wildman–Crippen MR) is 119 cm³/mol. The molecule has 0 radical (unpaired) electrons. The normalized spacial score (nSPS) is 13.3. The minimum atomic E-state index is 0.152. The largest absolute Gasteiger partial charge is 0.497 e. The van der Waals surface area contributed by atoms with Crippen LogP contribution >= 0.6 is 27.7 Å². The van der Waals surface area contributed by atoms with E-state index in [4.69, 9.17) is 4.74 Å². The van der Waals surface area contributed by atoms with Crippen molar-refractivity contribution in [1.82, 2.24) is 14.5 Å². The van der Waals surface area contributed by atoms with Gasteiger partial charge in [0, 0.05) is 35.1 Å². The van der Waals surface area contributed by atoms with Crippen molar-refractivity contribution >= 4 is 33.6 Å². The third-order valence-electron chi connectivity index (χ3n) is 4.86. The lowest BCUT2D eigenvalue weighted by molar-refractivity contribution is -0.129. The van der Waals surface area contributed by atoms with Crippen molar-refractivity contribution in [2.24, 2.45) is 0 Å². The van der Waals surface area contributed by atoms with Gasteiger partial charge in [0.05, 0.1) is 12.9 Å². The molecule has 0 aliphatic heterocycles. The maximum Gasteiger partial charge on any atom is 0.233 e. The Balaban J connectivity index is 1.41. The van der Waals surface area contributed by atoms with Gasteiger partial charge in [0.15, 0.2) is 5.16 Å². The van der Waals surface area contributed by atoms with Gasteiger partial charge in [0.25, 0.3) is 0 Å². The zero-order chi connectivity index (χ0) is 20.2. The molecule has 1 aliphatic carbocycles. The van der Waals surface area contributed by atoms with E-state index in [1.165, 1.54) is 11.8 Å². The first-order chi connectivity index (χ1) is 14.1. The van der Waals surface area contributed by atoms with Crippen LogP contribution < -0.4 is 4.74 Å². The molecule has 0 unspecified atom stereocenters. The molecule has 4 rings (SSSR count). The van der Waals surface area contributed by atoms with Crippen LogP contribution in [0, 0.1) is 0 Å². The summed E-state index contributed by atoms with van der Waals surface area (Å²) in [4.78, 5) is 19.4. The van der Waals surface area contributed by atoms with Crippen molar-refractivity contribution in [2.75, 3.05) is 12.9 Å². The molecule has 0 atom stereocenters. The third kappa shape index (κ3) is 5.03. The van der Waals surface area contributed by atoms with E-state index in [-0.39, 0.29) is 5.91 Å². The monoisotopic (exact) mass is 471 g/mol. The van der Waals surface area contributed by atoms with E-state index in [1.807, 2.05) is 64.2 Å². The smallest absolute Gasteiger partial charge is 0.233 e. The number of hydrogen-bond acceptors (Lipinski definition) is 4. The number of hydrogen-bond donors (Lipinski definition) is 0. The second-order valence-corrected chi connectivity index (χ2v) is 8.80. The summed E-state index contributed by atoms with van der Waals surface area (Å²) in [6.07, 6.45) is 5.86. The highest BCUT2D eigenvalue weighted by Crippen LogP contribution is 2.30. The Labute approximate surface area is 183 Å². The second kappa shape index (κ2) is 9.05. The molecule has 7 heteroatoms. The molecule has 1 amide bonds. The van der Waals surface area contributed by atoms with Crippen LogP contribution in [0.2, 0.25) is 0 Å². The number of ether oxygens (including phenoxy) is 1. The van der Waals surface area contributed by atoms with E-state index >= 15 is 0 Å². The Morgan fingerprint density at radius 3 is 2.59 bits per heavy atom. The van der Waals surface area contributed by atoms with E-state index in [0.717, 1.165) is 39.5 Å². The lowest BCUT2D eigenvalue weighted by atomic mass is 10.2. The van der Waals surface area contributed by atoms with Crippen LogP contribution in [-0.4, -0.2) is 39.3 Å². The summed E-state index contributed by atoms with van der Waals surface area (Å²) in [7, 11) is 1.66. The number of nitrogens with zero attached hydrogens (tertiary/aromatic N) is 3. The van der Waals surface area contributed by atoms with Crippen LogP contribution in [0.25, 0.3) is 5.69 Å². The highest BCUT2D eigenvalue weighted by Gasteiger charge is 2.32. The quantitative estimate of drug-likeness (QED) is 0.437. The summed E-state index contributed by atoms with van der Waals surface area (Å²) in [6, 6.07) is 16.3. The molecule has 3 aromatic rings. The average molecular weight is 472 g/mol. The molecule has 1 fully saturated rings. The van der Waals surface area contributed by atoms with Gasteiger partial charge in [-0.1, -0.05) is 39.8 Å². The van der Waals surface area contributed by atoms with E-state index < -0.39 is 0 Å². The Morgan fingerprint density at radius 2 is 1.93 bits per heavy atom. The third-order valence-corrected chi connectivity index (χ3v) is 6.34. The molecular formula is C22H22BrN3O2S. The first kappa shape index (κ1) is 20.0. The van der Waals surface area contributed by atoms with E-state index in [9.17, 15) is 4.79 Å². The topological polar surface area (TPSA) is 47.4 Å². The zero-order valence-corrected chi connectivity index (χ0v) is 18.5. The van der Waals surface area contributed by atoms with Gasteiger partial charge < -0.3 is 9.64 Å². The number of rotatable bonds is 8. The Bertz CT molecular complexity index is 968. The van der Waals surface area contributed by atoms with Crippen molar-refractivity contribution in [3.05, 3.63) is 71.0 Å². The van der Waals surface area contributed by atoms with Crippen LogP contribution in [0.15, 0.2) is 70.6 Å². The summed E-state index contributed by atoms with van der Waals surface area (Å²) in [5.74, 6) is 1.35. The number of carbonyl (C=O) groups excluding carboxylic acids is 1. The maximum absolute atomic E-state index is 13.0. The van der Waals surface area contributed by atoms with E-state index in [1.54, 1.807) is 13.3 Å². The Hall–Kier alpha value is -2.25. The molecule has 29 heavy (non-hydrogen) atoms. The zero-order valence-electron chi connectivity index (χ0n) is 16.1. The maximum atomic E-state index is 13.0. The van der Waals surface area contributed by atoms with Crippen molar-refractivity contribution in [3.8, 4) is 11.4 Å². The van der Waals surface area contributed by atoms with Crippen molar-refractivity contribution in [3.63, 3.8) is 0 Å². The summed E-state index contributed by atoms with van der Waals surface area (Å²) in [6.45, 7) is 0.634. The molecule has 0 N–H and O–H groups in total. The molecule has 0 saturated heterocycles. The molecular weight excluding hydrogens is 450 g/mol. The van der Waals surface area contributed by atoms with Gasteiger partial charge in [-0.05, 0) is 54.8 Å². The second-order valence-electron chi connectivity index (χ2n) is 6.95. The SMILES string of the molecule is COc1ccc(CN(C(=O)CSc2nccn2-c2ccc(Br)cc2)C2CC2)cc1. The molecule has 0 spiro atoms. The summed E-state index contributed by atoms with van der Waals surface area (Å²) < 4.78 is 8.26. The lowest BCUT2D eigenvalue weighted by Crippen LogP contribution is -2.34. The van der Waals surface area contributed by atoms with Gasteiger partial charge in [0.1, 0.15) is 5.75 Å². The van der Waals surface area contributed by atoms with Crippen molar-refractivity contribution in [1.29, 1.82) is 0 Å². The number of halogens is 1. The van der Waals surface area contributed by atoms with Crippen molar-refractivity contribution < 1.29 is 9.53 Å². The molecule has 2 aromatic carbocycles. The van der Waals surface area contributed by atoms with E-state index in [0.29, 0.717) is 18.3 Å². The summed E-state index contributed by atoms with van der Waals surface area (Å²) in [5, 5.41) is 0.820. The molecule has 1 saturated carbocycles. The van der Waals surface area contributed by atoms with Gasteiger partial charge in [-0.15, -0.1) is 0 Å². The van der Waals surface area contributed by atoms with Gasteiger partial charge in [-0.25, -0.2) is 4.98 Å². The van der Waals surface area contributed by atoms with Gasteiger partial charge in [-0.2, -0.15) is 0 Å². The molecule has 1 aromatic heterocycles. The van der Waals surface area contributed by atoms with Crippen LogP contribution in [0.5, 0.6) is 5.75 Å². The van der Waals surface area contributed by atoms with Crippen molar-refractivity contribution in [2.45, 2.75) is 30.6 Å².